The maximum absolute atomic E-state index is 12.7. The van der Waals surface area contributed by atoms with E-state index in [-0.39, 0.29) is 34.8 Å². The molecule has 2 atom stereocenters. The Morgan fingerprint density at radius 1 is 0.966 bits per heavy atom. The molecule has 154 valence electrons. The van der Waals surface area contributed by atoms with E-state index < -0.39 is 9.84 Å². The van der Waals surface area contributed by atoms with E-state index in [0.717, 1.165) is 6.42 Å². The number of carbonyl (C=O) groups excluding carboxylic acids is 2. The molecule has 29 heavy (non-hydrogen) atoms. The summed E-state index contributed by atoms with van der Waals surface area (Å²) in [6, 6.07) is 12.3. The van der Waals surface area contributed by atoms with Gasteiger partial charge >= 0.3 is 0 Å². The molecule has 4 rings (SSSR count). The molecule has 0 radical (unpaired) electrons. The predicted octanol–water partition coefficient (Wildman–Crippen LogP) is 2.39. The van der Waals surface area contributed by atoms with Crippen LogP contribution in [0.15, 0.2) is 52.7 Å². The molecule has 2 aromatic rings. The molecule has 1 aliphatic heterocycles. The highest BCUT2D eigenvalue weighted by atomic mass is 32.2. The number of hydrogen-bond acceptors (Lipinski definition) is 5. The number of piperazine rings is 1. The highest BCUT2D eigenvalue weighted by molar-refractivity contribution is 7.91. The molecule has 8 heteroatoms. The van der Waals surface area contributed by atoms with Gasteiger partial charge in [-0.05, 0) is 30.0 Å². The topological polar surface area (TPSA) is 74.8 Å². The third-order valence-corrected chi connectivity index (χ3v) is 8.38. The number of rotatable bonds is 6. The van der Waals surface area contributed by atoms with Crippen LogP contribution >= 0.6 is 11.3 Å². The Kier molecular flexibility index (Phi) is 5.74. The fourth-order valence-corrected chi connectivity index (χ4v) is 5.98. The van der Waals surface area contributed by atoms with Crippen LogP contribution in [0.3, 0.4) is 0 Å². The molecule has 2 amide bonds. The molecular formula is C21H24N2O4S2. The highest BCUT2D eigenvalue weighted by Gasteiger charge is 2.46. The first-order chi connectivity index (χ1) is 14.0. The van der Waals surface area contributed by atoms with Gasteiger partial charge in [-0.15, -0.1) is 11.3 Å². The first-order valence-electron chi connectivity index (χ1n) is 9.83. The van der Waals surface area contributed by atoms with Gasteiger partial charge in [0.1, 0.15) is 0 Å². The van der Waals surface area contributed by atoms with Crippen LogP contribution in [-0.2, 0) is 19.4 Å². The highest BCUT2D eigenvalue weighted by Crippen LogP contribution is 2.50. The summed E-state index contributed by atoms with van der Waals surface area (Å²) in [5, 5.41) is 2.04. The molecule has 2 aliphatic rings. The predicted molar refractivity (Wildman–Crippen MR) is 111 cm³/mol. The summed E-state index contributed by atoms with van der Waals surface area (Å²) in [6.07, 6.45) is 0.879. The molecule has 0 bridgehead atoms. The Morgan fingerprint density at radius 2 is 1.66 bits per heavy atom. The number of sulfone groups is 1. The number of nitrogens with zero attached hydrogens (tertiary/aromatic N) is 2. The van der Waals surface area contributed by atoms with Crippen LogP contribution in [0.2, 0.25) is 0 Å². The summed E-state index contributed by atoms with van der Waals surface area (Å²) in [7, 11) is -3.46. The summed E-state index contributed by atoms with van der Waals surface area (Å²) in [4.78, 5) is 30.2. The lowest BCUT2D eigenvalue weighted by molar-refractivity contribution is -0.140. The smallest absolute Gasteiger partial charge is 0.226 e. The largest absolute Gasteiger partial charge is 0.339 e. The lowest BCUT2D eigenvalue weighted by atomic mass is 10.2. The van der Waals surface area contributed by atoms with Crippen LogP contribution < -0.4 is 0 Å². The Bertz CT molecular complexity index is 965. The van der Waals surface area contributed by atoms with Crippen LogP contribution in [-0.4, -0.2) is 62.0 Å². The van der Waals surface area contributed by atoms with Gasteiger partial charge in [-0.3, -0.25) is 9.59 Å². The summed E-state index contributed by atoms with van der Waals surface area (Å²) >= 11 is 1.70. The SMILES string of the molecule is O=C(CCS(=O)(=O)c1ccccc1)N1CCN(C(=O)[C@H]2C[C@@H]2c2cccs2)CC1. The second kappa shape index (κ2) is 8.28. The summed E-state index contributed by atoms with van der Waals surface area (Å²) in [5.41, 5.74) is 0. The molecule has 1 aromatic heterocycles. The maximum Gasteiger partial charge on any atom is 0.226 e. The lowest BCUT2D eigenvalue weighted by Crippen LogP contribution is -2.51. The van der Waals surface area contributed by atoms with Crippen molar-refractivity contribution in [2.24, 2.45) is 5.92 Å². The Hall–Kier alpha value is -2.19. The Labute approximate surface area is 175 Å². The molecule has 1 saturated carbocycles. The number of carbonyl (C=O) groups is 2. The van der Waals surface area contributed by atoms with Crippen molar-refractivity contribution in [2.45, 2.75) is 23.7 Å². The fourth-order valence-electron chi connectivity index (χ4n) is 3.82. The zero-order chi connectivity index (χ0) is 20.4. The summed E-state index contributed by atoms with van der Waals surface area (Å²) in [6.45, 7) is 1.96. The van der Waals surface area contributed by atoms with E-state index in [9.17, 15) is 18.0 Å². The van der Waals surface area contributed by atoms with Gasteiger partial charge < -0.3 is 9.80 Å². The van der Waals surface area contributed by atoms with Gasteiger partial charge in [0.2, 0.25) is 11.8 Å². The fraction of sp³-hybridized carbons (Fsp3) is 0.429. The van der Waals surface area contributed by atoms with Gasteiger partial charge in [-0.2, -0.15) is 0 Å². The molecular weight excluding hydrogens is 408 g/mol. The number of hydrogen-bond donors (Lipinski definition) is 0. The minimum Gasteiger partial charge on any atom is -0.339 e. The molecule has 6 nitrogen and oxygen atoms in total. The van der Waals surface area contributed by atoms with Crippen molar-refractivity contribution in [1.82, 2.24) is 9.80 Å². The molecule has 0 unspecified atom stereocenters. The van der Waals surface area contributed by atoms with Gasteiger partial charge in [-0.1, -0.05) is 24.3 Å². The quantitative estimate of drug-likeness (QED) is 0.703. The molecule has 0 N–H and O–H groups in total. The van der Waals surface area contributed by atoms with Crippen LogP contribution in [0.1, 0.15) is 23.6 Å². The van der Waals surface area contributed by atoms with E-state index in [2.05, 4.69) is 6.07 Å². The van der Waals surface area contributed by atoms with E-state index in [1.165, 1.54) is 4.88 Å². The maximum atomic E-state index is 12.7. The van der Waals surface area contributed by atoms with Gasteiger partial charge in [0.05, 0.1) is 10.6 Å². The second-order valence-corrected chi connectivity index (χ2v) is 10.6. The van der Waals surface area contributed by atoms with Crippen molar-refractivity contribution in [3.8, 4) is 0 Å². The van der Waals surface area contributed by atoms with Gasteiger partial charge in [0.15, 0.2) is 9.84 Å². The molecule has 1 aromatic carbocycles. The van der Waals surface area contributed by atoms with Crippen molar-refractivity contribution in [3.63, 3.8) is 0 Å². The van der Waals surface area contributed by atoms with Crippen molar-refractivity contribution in [2.75, 3.05) is 31.9 Å². The van der Waals surface area contributed by atoms with E-state index in [1.54, 1.807) is 46.6 Å². The van der Waals surface area contributed by atoms with Crippen LogP contribution in [0, 0.1) is 5.92 Å². The van der Waals surface area contributed by atoms with Crippen LogP contribution in [0.4, 0.5) is 0 Å². The standard InChI is InChI=1S/C21H24N2O4S2/c24-20(8-14-29(26,27)16-5-2-1-3-6-16)22-9-11-23(12-10-22)21(25)18-15-17(18)19-7-4-13-28-19/h1-7,13,17-18H,8-12,14-15H2/t17-,18-/m0/s1. The summed E-state index contributed by atoms with van der Waals surface area (Å²) in [5.74, 6) is 0.249. The molecule has 0 spiro atoms. The van der Waals surface area contributed by atoms with Crippen molar-refractivity contribution in [3.05, 3.63) is 52.7 Å². The van der Waals surface area contributed by atoms with Crippen molar-refractivity contribution in [1.29, 1.82) is 0 Å². The molecule has 1 saturated heterocycles. The monoisotopic (exact) mass is 432 g/mol. The minimum atomic E-state index is -3.46. The van der Waals surface area contributed by atoms with Gasteiger partial charge in [0.25, 0.3) is 0 Å². The van der Waals surface area contributed by atoms with E-state index in [4.69, 9.17) is 0 Å². The number of amides is 2. The lowest BCUT2D eigenvalue weighted by Gasteiger charge is -2.35. The van der Waals surface area contributed by atoms with Gasteiger partial charge in [-0.25, -0.2) is 8.42 Å². The molecule has 2 fully saturated rings. The molecule has 2 heterocycles. The zero-order valence-electron chi connectivity index (χ0n) is 16.1. The number of benzene rings is 1. The van der Waals surface area contributed by atoms with Gasteiger partial charge in [0, 0.05) is 49.3 Å². The zero-order valence-corrected chi connectivity index (χ0v) is 17.7. The van der Waals surface area contributed by atoms with Crippen molar-refractivity contribution < 1.29 is 18.0 Å². The Balaban J connectivity index is 1.24. The average Bonchev–Trinajstić information content (AvgIpc) is 3.36. The first kappa shape index (κ1) is 20.1. The minimum absolute atomic E-state index is 0.0335. The third kappa shape index (κ3) is 4.53. The van der Waals surface area contributed by atoms with E-state index in [0.29, 0.717) is 32.1 Å². The van der Waals surface area contributed by atoms with Crippen molar-refractivity contribution >= 4 is 33.0 Å². The third-order valence-electron chi connectivity index (χ3n) is 5.65. The van der Waals surface area contributed by atoms with Crippen LogP contribution in [0.25, 0.3) is 0 Å². The van der Waals surface area contributed by atoms with Crippen LogP contribution in [0.5, 0.6) is 0 Å². The number of thiophene rings is 1. The molecule has 1 aliphatic carbocycles. The summed E-state index contributed by atoms with van der Waals surface area (Å²) < 4.78 is 24.7. The first-order valence-corrected chi connectivity index (χ1v) is 12.4. The van der Waals surface area contributed by atoms with E-state index in [1.807, 2.05) is 16.3 Å². The van der Waals surface area contributed by atoms with E-state index >= 15 is 0 Å². The Morgan fingerprint density at radius 3 is 2.31 bits per heavy atom. The average molecular weight is 433 g/mol. The normalized spacial score (nSPS) is 21.8. The second-order valence-electron chi connectivity index (χ2n) is 7.55.